The Labute approximate surface area is 193 Å². The molecule has 2 unspecified atom stereocenters. The van der Waals surface area contributed by atoms with Crippen LogP contribution in [0.2, 0.25) is 0 Å². The molecule has 1 aliphatic rings. The molecule has 2 rings (SSSR count). The molecule has 0 saturated heterocycles. The molecule has 0 radical (unpaired) electrons. The zero-order chi connectivity index (χ0) is 23.0. The van der Waals surface area contributed by atoms with Gasteiger partial charge in [-0.1, -0.05) is 90.2 Å². The normalized spacial score (nSPS) is 17.1. The van der Waals surface area contributed by atoms with Gasteiger partial charge in [-0.05, 0) is 25.0 Å². The molecule has 0 aromatic heterocycles. The van der Waals surface area contributed by atoms with E-state index in [9.17, 15) is 9.59 Å². The van der Waals surface area contributed by atoms with E-state index >= 15 is 0 Å². The Morgan fingerprint density at radius 3 is 1.44 bits per heavy atom. The largest absolute Gasteiger partial charge is 0.470 e. The van der Waals surface area contributed by atoms with Crippen molar-refractivity contribution < 1.29 is 28.5 Å². The van der Waals surface area contributed by atoms with Gasteiger partial charge in [-0.15, -0.1) is 0 Å². The summed E-state index contributed by atoms with van der Waals surface area (Å²) in [7, 11) is 0. The van der Waals surface area contributed by atoms with Crippen LogP contribution in [0.1, 0.15) is 90.9 Å². The number of carbonyl (C=O) groups is 2. The highest BCUT2D eigenvalue weighted by atomic mass is 16.6. The molecule has 2 atom stereocenters. The fraction of sp³-hybridized carbons (Fsp3) is 0.692. The molecular weight excluding hydrogens is 408 g/mol. The summed E-state index contributed by atoms with van der Waals surface area (Å²) in [6.07, 6.45) is 10.8. The van der Waals surface area contributed by atoms with Crippen molar-refractivity contribution in [3.8, 4) is 11.5 Å². The minimum Gasteiger partial charge on any atom is -0.470 e. The zero-order valence-corrected chi connectivity index (χ0v) is 19.8. The lowest BCUT2D eigenvalue weighted by molar-refractivity contribution is -0.171. The van der Waals surface area contributed by atoms with Crippen LogP contribution in [-0.2, 0) is 19.1 Å². The number of rotatable bonds is 16. The van der Waals surface area contributed by atoms with Crippen LogP contribution in [-0.4, -0.2) is 37.4 Å². The Bertz CT molecular complexity index is 617. The Morgan fingerprint density at radius 1 is 0.656 bits per heavy atom. The molecule has 0 bridgehead atoms. The van der Waals surface area contributed by atoms with E-state index in [0.29, 0.717) is 24.7 Å². The molecule has 180 valence electrons. The zero-order valence-electron chi connectivity index (χ0n) is 19.8. The predicted octanol–water partition coefficient (Wildman–Crippen LogP) is 6.00. The van der Waals surface area contributed by atoms with Crippen molar-refractivity contribution in [3.63, 3.8) is 0 Å². The first-order valence-corrected chi connectivity index (χ1v) is 12.4. The summed E-state index contributed by atoms with van der Waals surface area (Å²) in [4.78, 5) is 25.4. The number of carbonyl (C=O) groups excluding carboxylic acids is 2. The molecule has 0 N–H and O–H groups in total. The summed E-state index contributed by atoms with van der Waals surface area (Å²) in [5.41, 5.74) is 0. The van der Waals surface area contributed by atoms with Crippen molar-refractivity contribution in [2.45, 2.75) is 103 Å². The van der Waals surface area contributed by atoms with Gasteiger partial charge >= 0.3 is 11.9 Å². The number of fused-ring (bicyclic) bond motifs is 1. The molecule has 6 heteroatoms. The van der Waals surface area contributed by atoms with Gasteiger partial charge in [0.2, 0.25) is 12.2 Å². The fourth-order valence-corrected chi connectivity index (χ4v) is 3.66. The lowest BCUT2D eigenvalue weighted by atomic mass is 10.1. The van der Waals surface area contributed by atoms with Crippen molar-refractivity contribution in [3.05, 3.63) is 24.3 Å². The second kappa shape index (κ2) is 15.5. The summed E-state index contributed by atoms with van der Waals surface area (Å²) in [6, 6.07) is 7.00. The number of esters is 2. The molecule has 0 amide bonds. The second-order valence-corrected chi connectivity index (χ2v) is 8.39. The van der Waals surface area contributed by atoms with Crippen molar-refractivity contribution in [1.29, 1.82) is 0 Å². The molecule has 1 aromatic carbocycles. The standard InChI is InChI=1S/C26H40O6/c1-3-5-7-9-11-15-19-29-25(27)23-24(32-22-18-14-13-17-21(22)31-23)26(28)30-20-16-12-10-8-6-4-2/h13-14,17-18,23-24H,3-12,15-16,19-20H2,1-2H3. The molecule has 32 heavy (non-hydrogen) atoms. The lowest BCUT2D eigenvalue weighted by Crippen LogP contribution is -2.51. The van der Waals surface area contributed by atoms with Crippen molar-refractivity contribution in [2.24, 2.45) is 0 Å². The maximum atomic E-state index is 12.7. The van der Waals surface area contributed by atoms with Gasteiger partial charge in [-0.2, -0.15) is 0 Å². The van der Waals surface area contributed by atoms with E-state index in [1.807, 2.05) is 0 Å². The number of unbranched alkanes of at least 4 members (excludes halogenated alkanes) is 10. The Balaban J connectivity index is 1.83. The highest BCUT2D eigenvalue weighted by Gasteiger charge is 2.44. The molecule has 1 heterocycles. The van der Waals surface area contributed by atoms with Gasteiger partial charge < -0.3 is 18.9 Å². The molecule has 6 nitrogen and oxygen atoms in total. The number of hydrogen-bond acceptors (Lipinski definition) is 6. The van der Waals surface area contributed by atoms with Crippen molar-refractivity contribution >= 4 is 11.9 Å². The summed E-state index contributed by atoms with van der Waals surface area (Å²) in [6.45, 7) is 4.99. The van der Waals surface area contributed by atoms with Gasteiger partial charge in [0.25, 0.3) is 0 Å². The van der Waals surface area contributed by atoms with Gasteiger partial charge in [0.15, 0.2) is 11.5 Å². The minimum absolute atomic E-state index is 0.312. The topological polar surface area (TPSA) is 71.1 Å². The molecule has 0 fully saturated rings. The van der Waals surface area contributed by atoms with Crippen LogP contribution < -0.4 is 9.47 Å². The summed E-state index contributed by atoms with van der Waals surface area (Å²) in [5, 5.41) is 0. The van der Waals surface area contributed by atoms with E-state index in [-0.39, 0.29) is 0 Å². The predicted molar refractivity (Wildman–Crippen MR) is 124 cm³/mol. The van der Waals surface area contributed by atoms with E-state index in [2.05, 4.69) is 13.8 Å². The van der Waals surface area contributed by atoms with Crippen LogP contribution in [0.3, 0.4) is 0 Å². The van der Waals surface area contributed by atoms with Gasteiger partial charge in [-0.3, -0.25) is 0 Å². The van der Waals surface area contributed by atoms with Gasteiger partial charge in [0.05, 0.1) is 13.2 Å². The van der Waals surface area contributed by atoms with Crippen LogP contribution in [0.15, 0.2) is 24.3 Å². The molecular formula is C26H40O6. The quantitative estimate of drug-likeness (QED) is 0.228. The minimum atomic E-state index is -1.16. The van der Waals surface area contributed by atoms with E-state index in [1.54, 1.807) is 24.3 Å². The van der Waals surface area contributed by atoms with Crippen molar-refractivity contribution in [1.82, 2.24) is 0 Å². The van der Waals surface area contributed by atoms with Gasteiger partial charge in [-0.25, -0.2) is 9.59 Å². The maximum Gasteiger partial charge on any atom is 0.351 e. The van der Waals surface area contributed by atoms with Crippen LogP contribution in [0.25, 0.3) is 0 Å². The molecule has 0 aliphatic carbocycles. The average Bonchev–Trinajstić information content (AvgIpc) is 2.81. The average molecular weight is 449 g/mol. The highest BCUT2D eigenvalue weighted by Crippen LogP contribution is 2.34. The third-order valence-electron chi connectivity index (χ3n) is 5.58. The number of hydrogen-bond donors (Lipinski definition) is 0. The SMILES string of the molecule is CCCCCCCCOC(=O)C1Oc2ccccc2OC1C(=O)OCCCCCCCC. The monoisotopic (exact) mass is 448 g/mol. The molecule has 0 spiro atoms. The number of ether oxygens (including phenoxy) is 4. The fourth-order valence-electron chi connectivity index (χ4n) is 3.66. The first kappa shape index (κ1) is 26.0. The Kier molecular flexibility index (Phi) is 12.6. The number of benzene rings is 1. The van der Waals surface area contributed by atoms with Gasteiger partial charge in [0, 0.05) is 0 Å². The summed E-state index contributed by atoms with van der Waals surface area (Å²) < 4.78 is 22.4. The van der Waals surface area contributed by atoms with E-state index in [1.165, 1.54) is 38.5 Å². The van der Waals surface area contributed by atoms with E-state index in [0.717, 1.165) is 38.5 Å². The molecule has 1 aromatic rings. The van der Waals surface area contributed by atoms with Crippen LogP contribution in [0.5, 0.6) is 11.5 Å². The summed E-state index contributed by atoms with van der Waals surface area (Å²) >= 11 is 0. The van der Waals surface area contributed by atoms with E-state index in [4.69, 9.17) is 18.9 Å². The van der Waals surface area contributed by atoms with Crippen LogP contribution in [0.4, 0.5) is 0 Å². The van der Waals surface area contributed by atoms with Crippen molar-refractivity contribution in [2.75, 3.05) is 13.2 Å². The van der Waals surface area contributed by atoms with Crippen LogP contribution >= 0.6 is 0 Å². The summed E-state index contributed by atoms with van der Waals surface area (Å²) in [5.74, 6) is -0.327. The highest BCUT2D eigenvalue weighted by molar-refractivity contribution is 5.87. The maximum absolute atomic E-state index is 12.7. The third kappa shape index (κ3) is 9.09. The Morgan fingerprint density at radius 2 is 1.03 bits per heavy atom. The Hall–Kier alpha value is -2.24. The van der Waals surface area contributed by atoms with Gasteiger partial charge in [0.1, 0.15) is 0 Å². The smallest absolute Gasteiger partial charge is 0.351 e. The third-order valence-corrected chi connectivity index (χ3v) is 5.58. The van der Waals surface area contributed by atoms with Crippen LogP contribution in [0, 0.1) is 0 Å². The first-order valence-electron chi connectivity index (χ1n) is 12.4. The molecule has 1 aliphatic heterocycles. The van der Waals surface area contributed by atoms with E-state index < -0.39 is 24.1 Å². The number of para-hydroxylation sites is 2. The lowest BCUT2D eigenvalue weighted by Gasteiger charge is -2.31. The first-order chi connectivity index (χ1) is 15.7. The molecule has 0 saturated carbocycles. The second-order valence-electron chi connectivity index (χ2n) is 8.39.